The smallest absolute Gasteiger partial charge is 0.180 e. The van der Waals surface area contributed by atoms with Crippen molar-refractivity contribution >= 4 is 27.4 Å². The van der Waals surface area contributed by atoms with Gasteiger partial charge in [0.25, 0.3) is 0 Å². The van der Waals surface area contributed by atoms with Crippen molar-refractivity contribution in [2.45, 2.75) is 13.3 Å². The normalized spacial score (nSPS) is 11.0. The largest absolute Gasteiger partial charge is 0.494 e. The van der Waals surface area contributed by atoms with Crippen LogP contribution < -0.4 is 10.5 Å². The van der Waals surface area contributed by atoms with Crippen LogP contribution in [0.4, 0.5) is 5.13 Å². The minimum absolute atomic E-state index is 0.586. The van der Waals surface area contributed by atoms with E-state index in [0.717, 1.165) is 40.9 Å². The highest BCUT2D eigenvalue weighted by atomic mass is 32.1. The first-order valence-corrected chi connectivity index (χ1v) is 7.11. The zero-order chi connectivity index (χ0) is 13.2. The molecule has 0 fully saturated rings. The summed E-state index contributed by atoms with van der Waals surface area (Å²) in [4.78, 5) is 7.58. The van der Waals surface area contributed by atoms with Gasteiger partial charge in [-0.1, -0.05) is 6.92 Å². The molecule has 0 aliphatic rings. The van der Waals surface area contributed by atoms with Crippen LogP contribution >= 0.6 is 11.3 Å². The second kappa shape index (κ2) is 4.93. The second-order valence-electron chi connectivity index (χ2n) is 4.33. The van der Waals surface area contributed by atoms with Gasteiger partial charge in [0.2, 0.25) is 0 Å². The van der Waals surface area contributed by atoms with Crippen LogP contribution in [0.1, 0.15) is 13.3 Å². The molecule has 0 saturated carbocycles. The van der Waals surface area contributed by atoms with Crippen molar-refractivity contribution in [3.8, 4) is 17.0 Å². The highest BCUT2D eigenvalue weighted by Crippen LogP contribution is 2.32. The number of nitrogens with one attached hydrogen (secondary N) is 1. The van der Waals surface area contributed by atoms with Gasteiger partial charge in [0.15, 0.2) is 5.13 Å². The molecule has 3 rings (SSSR count). The molecule has 2 heterocycles. The van der Waals surface area contributed by atoms with Crippen molar-refractivity contribution in [2.75, 3.05) is 12.3 Å². The third kappa shape index (κ3) is 2.29. The van der Waals surface area contributed by atoms with Crippen LogP contribution in [-0.4, -0.2) is 16.6 Å². The van der Waals surface area contributed by atoms with Crippen LogP contribution in [0.3, 0.4) is 0 Å². The maximum absolute atomic E-state index is 5.70. The number of ether oxygens (including phenoxy) is 1. The van der Waals surface area contributed by atoms with Crippen LogP contribution in [0.5, 0.6) is 5.75 Å². The van der Waals surface area contributed by atoms with E-state index in [9.17, 15) is 0 Å². The highest BCUT2D eigenvalue weighted by molar-refractivity contribution is 7.13. The lowest BCUT2D eigenvalue weighted by Crippen LogP contribution is -1.94. The predicted molar refractivity (Wildman–Crippen MR) is 79.6 cm³/mol. The van der Waals surface area contributed by atoms with Gasteiger partial charge in [-0.2, -0.15) is 0 Å². The van der Waals surface area contributed by atoms with Crippen molar-refractivity contribution in [1.82, 2.24) is 9.97 Å². The lowest BCUT2D eigenvalue weighted by Gasteiger charge is -2.04. The van der Waals surface area contributed by atoms with Crippen molar-refractivity contribution in [3.05, 3.63) is 29.8 Å². The summed E-state index contributed by atoms with van der Waals surface area (Å²) in [5.74, 6) is 0.887. The maximum Gasteiger partial charge on any atom is 0.180 e. The van der Waals surface area contributed by atoms with Crippen LogP contribution in [-0.2, 0) is 0 Å². The van der Waals surface area contributed by atoms with Gasteiger partial charge >= 0.3 is 0 Å². The first kappa shape index (κ1) is 12.0. The van der Waals surface area contributed by atoms with Gasteiger partial charge in [-0.05, 0) is 24.6 Å². The van der Waals surface area contributed by atoms with Crippen molar-refractivity contribution in [3.63, 3.8) is 0 Å². The molecule has 0 aliphatic heterocycles. The summed E-state index contributed by atoms with van der Waals surface area (Å²) in [5, 5.41) is 3.67. The molecule has 0 atom stereocenters. The van der Waals surface area contributed by atoms with Crippen molar-refractivity contribution in [2.24, 2.45) is 0 Å². The Morgan fingerprint density at radius 3 is 3.05 bits per heavy atom. The van der Waals surface area contributed by atoms with E-state index >= 15 is 0 Å². The number of hydrogen-bond donors (Lipinski definition) is 2. The molecule has 1 aromatic carbocycles. The van der Waals surface area contributed by atoms with Crippen LogP contribution in [0.2, 0.25) is 0 Å². The number of rotatable bonds is 4. The Bertz CT molecular complexity index is 702. The lowest BCUT2D eigenvalue weighted by atomic mass is 10.1. The summed E-state index contributed by atoms with van der Waals surface area (Å²) in [6.45, 7) is 2.83. The van der Waals surface area contributed by atoms with Gasteiger partial charge in [0.1, 0.15) is 5.75 Å². The number of H-pyrrole nitrogens is 1. The number of nitrogens with two attached hydrogens (primary N) is 1. The van der Waals surface area contributed by atoms with E-state index in [1.165, 1.54) is 11.3 Å². The molecule has 0 radical (unpaired) electrons. The molecule has 3 aromatic rings. The van der Waals surface area contributed by atoms with Gasteiger partial charge in [-0.15, -0.1) is 11.3 Å². The molecule has 0 unspecified atom stereocenters. The fourth-order valence-electron chi connectivity index (χ4n) is 2.03. The number of hydrogen-bond acceptors (Lipinski definition) is 4. The number of anilines is 1. The Kier molecular flexibility index (Phi) is 3.13. The number of aromatic nitrogens is 2. The third-order valence-corrected chi connectivity index (χ3v) is 3.60. The molecule has 0 spiro atoms. The molecular formula is C14H15N3OS. The van der Waals surface area contributed by atoms with Crippen LogP contribution in [0.15, 0.2) is 29.8 Å². The fraction of sp³-hybridized carbons (Fsp3) is 0.214. The fourth-order valence-corrected chi connectivity index (χ4v) is 2.60. The summed E-state index contributed by atoms with van der Waals surface area (Å²) >= 11 is 1.45. The monoisotopic (exact) mass is 273 g/mol. The molecule has 2 aromatic heterocycles. The summed E-state index contributed by atoms with van der Waals surface area (Å²) < 4.78 is 5.67. The zero-order valence-corrected chi connectivity index (χ0v) is 11.5. The van der Waals surface area contributed by atoms with E-state index in [-0.39, 0.29) is 0 Å². The molecule has 3 N–H and O–H groups in total. The van der Waals surface area contributed by atoms with Gasteiger partial charge in [-0.25, -0.2) is 4.98 Å². The predicted octanol–water partition coefficient (Wildman–Crippen LogP) is 3.66. The summed E-state index contributed by atoms with van der Waals surface area (Å²) in [6, 6.07) is 6.06. The van der Waals surface area contributed by atoms with Gasteiger partial charge in [0, 0.05) is 28.0 Å². The minimum Gasteiger partial charge on any atom is -0.494 e. The number of fused-ring (bicyclic) bond motifs is 1. The zero-order valence-electron chi connectivity index (χ0n) is 10.6. The molecule has 98 valence electrons. The quantitative estimate of drug-likeness (QED) is 0.762. The summed E-state index contributed by atoms with van der Waals surface area (Å²) in [6.07, 6.45) is 2.96. The van der Waals surface area contributed by atoms with Gasteiger partial charge in [0.05, 0.1) is 12.3 Å². The van der Waals surface area contributed by atoms with E-state index in [1.807, 2.05) is 29.8 Å². The van der Waals surface area contributed by atoms with E-state index < -0.39 is 0 Å². The molecule has 4 nitrogen and oxygen atoms in total. The molecule has 0 bridgehead atoms. The highest BCUT2D eigenvalue weighted by Gasteiger charge is 2.10. The number of nitrogen functional groups attached to an aromatic ring is 1. The van der Waals surface area contributed by atoms with Crippen molar-refractivity contribution < 1.29 is 4.74 Å². The SMILES string of the molecule is CCCOc1ccc2[nH]cc(-c3csc(N)n3)c2c1. The molecule has 5 heteroatoms. The topological polar surface area (TPSA) is 63.9 Å². The van der Waals surface area contributed by atoms with E-state index in [0.29, 0.717) is 5.13 Å². The average molecular weight is 273 g/mol. The Morgan fingerprint density at radius 2 is 2.32 bits per heavy atom. The first-order chi connectivity index (χ1) is 9.28. The number of benzene rings is 1. The van der Waals surface area contributed by atoms with E-state index in [1.54, 1.807) is 0 Å². The average Bonchev–Trinajstić information content (AvgIpc) is 3.01. The third-order valence-electron chi connectivity index (χ3n) is 2.92. The Balaban J connectivity index is 2.05. The Hall–Kier alpha value is -2.01. The van der Waals surface area contributed by atoms with E-state index in [2.05, 4.69) is 16.9 Å². The molecule has 0 saturated heterocycles. The Morgan fingerprint density at radius 1 is 1.42 bits per heavy atom. The van der Waals surface area contributed by atoms with Gasteiger partial charge in [-0.3, -0.25) is 0 Å². The van der Waals surface area contributed by atoms with Gasteiger partial charge < -0.3 is 15.5 Å². The van der Waals surface area contributed by atoms with Crippen LogP contribution in [0.25, 0.3) is 22.2 Å². The molecular weight excluding hydrogens is 258 g/mol. The minimum atomic E-state index is 0.586. The maximum atomic E-state index is 5.70. The summed E-state index contributed by atoms with van der Waals surface area (Å²) in [7, 11) is 0. The second-order valence-corrected chi connectivity index (χ2v) is 5.22. The number of thiazole rings is 1. The molecule has 0 amide bonds. The van der Waals surface area contributed by atoms with E-state index in [4.69, 9.17) is 10.5 Å². The van der Waals surface area contributed by atoms with Crippen molar-refractivity contribution in [1.29, 1.82) is 0 Å². The summed E-state index contributed by atoms with van der Waals surface area (Å²) in [5.41, 5.74) is 8.74. The lowest BCUT2D eigenvalue weighted by molar-refractivity contribution is 0.318. The molecule has 19 heavy (non-hydrogen) atoms. The standard InChI is InChI=1S/C14H15N3OS/c1-2-5-18-9-3-4-12-10(6-9)11(7-16-12)13-8-19-14(15)17-13/h3-4,6-8,16H,2,5H2,1H3,(H2,15,17). The van der Waals surface area contributed by atoms with Crippen LogP contribution in [0, 0.1) is 0 Å². The Labute approximate surface area is 115 Å². The number of aromatic amines is 1. The number of nitrogens with zero attached hydrogens (tertiary/aromatic N) is 1. The molecule has 0 aliphatic carbocycles. The first-order valence-electron chi connectivity index (χ1n) is 6.23.